The van der Waals surface area contributed by atoms with Crippen LogP contribution in [0.1, 0.15) is 24.5 Å². The lowest BCUT2D eigenvalue weighted by atomic mass is 9.99. The summed E-state index contributed by atoms with van der Waals surface area (Å²) in [4.78, 5) is 4.12. The predicted molar refractivity (Wildman–Crippen MR) is 59.5 cm³/mol. The lowest BCUT2D eigenvalue weighted by Gasteiger charge is -2.20. The van der Waals surface area contributed by atoms with Gasteiger partial charge in [-0.05, 0) is 18.8 Å². The molecule has 1 fully saturated rings. The first kappa shape index (κ1) is 11.6. The highest BCUT2D eigenvalue weighted by atomic mass is 32.2. The van der Waals surface area contributed by atoms with E-state index in [-0.39, 0.29) is 0 Å². The molecule has 0 atom stereocenters. The zero-order valence-electron chi connectivity index (χ0n) is 9.05. The first-order valence-corrected chi connectivity index (χ1v) is 7.25. The van der Waals surface area contributed by atoms with Gasteiger partial charge in [-0.1, -0.05) is 0 Å². The van der Waals surface area contributed by atoms with Crippen molar-refractivity contribution in [3.63, 3.8) is 0 Å². The van der Waals surface area contributed by atoms with Gasteiger partial charge in [-0.3, -0.25) is 0 Å². The first-order chi connectivity index (χ1) is 7.59. The maximum absolute atomic E-state index is 11.2. The van der Waals surface area contributed by atoms with Crippen LogP contribution in [0.2, 0.25) is 0 Å². The van der Waals surface area contributed by atoms with Gasteiger partial charge in [-0.25, -0.2) is 13.4 Å². The summed E-state index contributed by atoms with van der Waals surface area (Å²) in [5.74, 6) is 2.31. The molecule has 0 aromatic carbocycles. The summed E-state index contributed by atoms with van der Waals surface area (Å²) < 4.78 is 27.9. The Balaban J connectivity index is 1.91. The van der Waals surface area contributed by atoms with Gasteiger partial charge in [-0.2, -0.15) is 0 Å². The van der Waals surface area contributed by atoms with Crippen molar-refractivity contribution in [3.05, 3.63) is 17.8 Å². The fraction of sp³-hybridized carbons (Fsp3) is 0.700. The monoisotopic (exact) mass is 244 g/mol. The highest BCUT2D eigenvalue weighted by Gasteiger charge is 2.24. The van der Waals surface area contributed by atoms with Crippen molar-refractivity contribution in [1.29, 1.82) is 0 Å². The molecule has 6 heteroatoms. The second kappa shape index (κ2) is 4.55. The van der Waals surface area contributed by atoms with Crippen LogP contribution in [0.25, 0.3) is 0 Å². The molecule has 0 spiro atoms. The maximum Gasteiger partial charge on any atom is 0.194 e. The summed E-state index contributed by atoms with van der Waals surface area (Å²) in [5, 5.41) is 0. The minimum Gasteiger partial charge on any atom is -0.444 e. The number of nitrogens with two attached hydrogens (primary N) is 1. The van der Waals surface area contributed by atoms with Crippen molar-refractivity contribution in [3.8, 4) is 0 Å². The Morgan fingerprint density at radius 3 is 2.69 bits per heavy atom. The molecule has 2 heterocycles. The number of sulfone groups is 1. The molecule has 0 amide bonds. The molecular weight excluding hydrogens is 228 g/mol. The number of hydrogen-bond donors (Lipinski definition) is 1. The normalized spacial score (nSPS) is 21.1. The Bertz CT molecular complexity index is 438. The van der Waals surface area contributed by atoms with E-state index in [0.29, 0.717) is 48.5 Å². The molecule has 2 N–H and O–H groups in total. The van der Waals surface area contributed by atoms with Crippen molar-refractivity contribution in [1.82, 2.24) is 4.98 Å². The maximum atomic E-state index is 11.2. The van der Waals surface area contributed by atoms with Crippen LogP contribution in [0.5, 0.6) is 0 Å². The fourth-order valence-electron chi connectivity index (χ4n) is 1.93. The quantitative estimate of drug-likeness (QED) is 0.836. The molecule has 16 heavy (non-hydrogen) atoms. The Hall–Kier alpha value is -0.880. The highest BCUT2D eigenvalue weighted by Crippen LogP contribution is 2.22. The Morgan fingerprint density at radius 1 is 1.44 bits per heavy atom. The molecule has 1 aromatic heterocycles. The SMILES string of the molecule is NCc1cnc(CC2CCS(=O)(=O)CC2)o1. The molecule has 5 nitrogen and oxygen atoms in total. The second-order valence-corrected chi connectivity index (χ2v) is 6.53. The van der Waals surface area contributed by atoms with Crippen molar-refractivity contribution in [2.24, 2.45) is 11.7 Å². The molecule has 2 rings (SSSR count). The van der Waals surface area contributed by atoms with Gasteiger partial charge in [-0.15, -0.1) is 0 Å². The average Bonchev–Trinajstić information content (AvgIpc) is 2.69. The number of hydrogen-bond acceptors (Lipinski definition) is 5. The minimum atomic E-state index is -2.78. The number of rotatable bonds is 3. The van der Waals surface area contributed by atoms with Crippen molar-refractivity contribution < 1.29 is 12.8 Å². The van der Waals surface area contributed by atoms with E-state index < -0.39 is 9.84 Å². The standard InChI is InChI=1S/C10H16N2O3S/c11-6-9-7-12-10(15-9)5-8-1-3-16(13,14)4-2-8/h7-8H,1-6,11H2. The molecule has 0 saturated carbocycles. The predicted octanol–water partition coefficient (Wildman–Crippen LogP) is 0.501. The zero-order valence-corrected chi connectivity index (χ0v) is 9.87. The summed E-state index contributed by atoms with van der Waals surface area (Å²) in [6.45, 7) is 0.353. The lowest BCUT2D eigenvalue weighted by Crippen LogP contribution is -2.24. The Morgan fingerprint density at radius 2 is 2.12 bits per heavy atom. The van der Waals surface area contributed by atoms with E-state index in [4.69, 9.17) is 10.2 Å². The molecule has 1 aliphatic heterocycles. The van der Waals surface area contributed by atoms with Crippen molar-refractivity contribution in [2.75, 3.05) is 11.5 Å². The van der Waals surface area contributed by atoms with Gasteiger partial charge in [0, 0.05) is 6.42 Å². The molecule has 0 unspecified atom stereocenters. The average molecular weight is 244 g/mol. The molecule has 1 aliphatic rings. The number of nitrogens with zero attached hydrogens (tertiary/aromatic N) is 1. The van der Waals surface area contributed by atoms with E-state index >= 15 is 0 Å². The van der Waals surface area contributed by atoms with Gasteiger partial charge in [0.25, 0.3) is 0 Å². The van der Waals surface area contributed by atoms with Gasteiger partial charge < -0.3 is 10.2 Å². The van der Waals surface area contributed by atoms with Crippen molar-refractivity contribution >= 4 is 9.84 Å². The number of oxazole rings is 1. The van der Waals surface area contributed by atoms with Crippen LogP contribution in [-0.2, 0) is 22.8 Å². The van der Waals surface area contributed by atoms with E-state index in [1.807, 2.05) is 0 Å². The van der Waals surface area contributed by atoms with Gasteiger partial charge in [0.2, 0.25) is 0 Å². The summed E-state index contributed by atoms with van der Waals surface area (Å²) in [7, 11) is -2.78. The molecular formula is C10H16N2O3S. The van der Waals surface area contributed by atoms with Crippen molar-refractivity contribution in [2.45, 2.75) is 25.8 Å². The van der Waals surface area contributed by atoms with Crippen LogP contribution >= 0.6 is 0 Å². The van der Waals surface area contributed by atoms with Crippen LogP contribution in [0.15, 0.2) is 10.6 Å². The summed E-state index contributed by atoms with van der Waals surface area (Å²) in [6.07, 6.45) is 3.77. The largest absolute Gasteiger partial charge is 0.444 e. The van der Waals surface area contributed by atoms with Gasteiger partial charge in [0.05, 0.1) is 24.2 Å². The highest BCUT2D eigenvalue weighted by molar-refractivity contribution is 7.91. The van der Waals surface area contributed by atoms with Crippen LogP contribution in [0, 0.1) is 5.92 Å². The topological polar surface area (TPSA) is 86.2 Å². The summed E-state index contributed by atoms with van der Waals surface area (Å²) >= 11 is 0. The third-order valence-corrected chi connectivity index (χ3v) is 4.66. The van der Waals surface area contributed by atoms with Crippen LogP contribution in [0.4, 0.5) is 0 Å². The Kier molecular flexibility index (Phi) is 3.30. The van der Waals surface area contributed by atoms with E-state index in [0.717, 1.165) is 6.42 Å². The van der Waals surface area contributed by atoms with Gasteiger partial charge in [0.1, 0.15) is 15.6 Å². The van der Waals surface area contributed by atoms with E-state index in [1.54, 1.807) is 6.20 Å². The number of aromatic nitrogens is 1. The molecule has 1 saturated heterocycles. The zero-order chi connectivity index (χ0) is 11.6. The molecule has 0 bridgehead atoms. The smallest absolute Gasteiger partial charge is 0.194 e. The molecule has 1 aromatic rings. The van der Waals surface area contributed by atoms with E-state index in [2.05, 4.69) is 4.98 Å². The lowest BCUT2D eigenvalue weighted by molar-refractivity contribution is 0.386. The summed E-state index contributed by atoms with van der Waals surface area (Å²) in [5.41, 5.74) is 5.42. The molecule has 90 valence electrons. The van der Waals surface area contributed by atoms with E-state index in [9.17, 15) is 8.42 Å². The Labute approximate surface area is 95.0 Å². The van der Waals surface area contributed by atoms with Crippen LogP contribution in [-0.4, -0.2) is 24.9 Å². The molecule has 0 radical (unpaired) electrons. The van der Waals surface area contributed by atoms with E-state index in [1.165, 1.54) is 0 Å². The third-order valence-electron chi connectivity index (χ3n) is 2.94. The fourth-order valence-corrected chi connectivity index (χ4v) is 3.52. The first-order valence-electron chi connectivity index (χ1n) is 5.43. The van der Waals surface area contributed by atoms with Crippen LogP contribution in [0.3, 0.4) is 0 Å². The second-order valence-electron chi connectivity index (χ2n) is 4.22. The van der Waals surface area contributed by atoms with Crippen LogP contribution < -0.4 is 5.73 Å². The summed E-state index contributed by atoms with van der Waals surface area (Å²) in [6, 6.07) is 0. The minimum absolute atomic E-state index is 0.294. The third kappa shape index (κ3) is 2.82. The molecule has 0 aliphatic carbocycles. The van der Waals surface area contributed by atoms with Gasteiger partial charge >= 0.3 is 0 Å². The van der Waals surface area contributed by atoms with Gasteiger partial charge in [0.15, 0.2) is 5.89 Å².